The Morgan fingerprint density at radius 2 is 1.96 bits per heavy atom. The lowest BCUT2D eigenvalue weighted by molar-refractivity contribution is -0.149. The van der Waals surface area contributed by atoms with Crippen LogP contribution < -0.4 is 10.6 Å². The molecule has 3 N–H and O–H groups in total. The number of rotatable bonds is 5. The summed E-state index contributed by atoms with van der Waals surface area (Å²) < 4.78 is 6.63. The molecule has 4 heterocycles. The van der Waals surface area contributed by atoms with Crippen LogP contribution >= 0.6 is 0 Å². The average Bonchev–Trinajstić information content (AvgIpc) is 3.28. The van der Waals surface area contributed by atoms with Crippen molar-refractivity contribution in [2.45, 2.75) is 56.7 Å². The van der Waals surface area contributed by atoms with Gasteiger partial charge in [0.1, 0.15) is 5.69 Å². The standard InChI is InChI=1S/C20H31N5O3/c1-13(2)14-9-15(24-23-14)16(26)22-12-18-10-19(11-18,17(27)25(3)4)20(28-18)5-7-21-8-6-20/h9,13,21H,5-8,10-12H2,1-4H3,(H,22,26)(H,23,24). The molecule has 2 bridgehead atoms. The van der Waals surface area contributed by atoms with Crippen molar-refractivity contribution in [2.24, 2.45) is 5.41 Å². The van der Waals surface area contributed by atoms with Crippen LogP contribution in [0, 0.1) is 5.41 Å². The van der Waals surface area contributed by atoms with E-state index in [4.69, 9.17) is 4.74 Å². The van der Waals surface area contributed by atoms with Gasteiger partial charge in [-0.1, -0.05) is 13.8 Å². The van der Waals surface area contributed by atoms with Crippen molar-refractivity contribution in [3.63, 3.8) is 0 Å². The van der Waals surface area contributed by atoms with Crippen molar-refractivity contribution < 1.29 is 14.3 Å². The van der Waals surface area contributed by atoms with Crippen molar-refractivity contribution in [3.8, 4) is 0 Å². The molecule has 8 heteroatoms. The summed E-state index contributed by atoms with van der Waals surface area (Å²) in [4.78, 5) is 27.3. The summed E-state index contributed by atoms with van der Waals surface area (Å²) in [7, 11) is 3.63. The third-order valence-corrected chi connectivity index (χ3v) is 6.78. The Kier molecular flexibility index (Phi) is 4.54. The summed E-state index contributed by atoms with van der Waals surface area (Å²) in [5.41, 5.74) is 0.00983. The lowest BCUT2D eigenvalue weighted by Gasteiger charge is -2.49. The van der Waals surface area contributed by atoms with Gasteiger partial charge in [-0.05, 0) is 50.8 Å². The number of H-pyrrole nitrogens is 1. The van der Waals surface area contributed by atoms with Crippen molar-refractivity contribution >= 4 is 11.8 Å². The molecule has 0 aromatic carbocycles. The van der Waals surface area contributed by atoms with E-state index in [1.54, 1.807) is 11.0 Å². The van der Waals surface area contributed by atoms with Gasteiger partial charge >= 0.3 is 0 Å². The zero-order valence-electron chi connectivity index (χ0n) is 17.2. The second-order valence-corrected chi connectivity index (χ2v) is 9.21. The highest BCUT2D eigenvalue weighted by Crippen LogP contribution is 2.69. The second kappa shape index (κ2) is 6.56. The number of hydrogen-bond acceptors (Lipinski definition) is 5. The maximum atomic E-state index is 13.1. The van der Waals surface area contributed by atoms with E-state index in [9.17, 15) is 9.59 Å². The smallest absolute Gasteiger partial charge is 0.271 e. The summed E-state index contributed by atoms with van der Waals surface area (Å²) in [6.07, 6.45) is 3.02. The minimum atomic E-state index is -0.458. The predicted molar refractivity (Wildman–Crippen MR) is 104 cm³/mol. The van der Waals surface area contributed by atoms with Gasteiger partial charge in [0.2, 0.25) is 5.91 Å². The van der Waals surface area contributed by atoms with Gasteiger partial charge in [-0.2, -0.15) is 5.10 Å². The van der Waals surface area contributed by atoms with Crippen LogP contribution in [0.2, 0.25) is 0 Å². The minimum Gasteiger partial charge on any atom is -0.365 e. The molecule has 1 aromatic heterocycles. The van der Waals surface area contributed by atoms with Gasteiger partial charge in [0, 0.05) is 26.3 Å². The lowest BCUT2D eigenvalue weighted by Crippen LogP contribution is -2.61. The number of hydrogen-bond donors (Lipinski definition) is 3. The Bertz CT molecular complexity index is 773. The Labute approximate surface area is 165 Å². The Balaban J connectivity index is 1.47. The Morgan fingerprint density at radius 3 is 2.54 bits per heavy atom. The van der Waals surface area contributed by atoms with Gasteiger partial charge in [-0.15, -0.1) is 0 Å². The van der Waals surface area contributed by atoms with Crippen molar-refractivity contribution in [3.05, 3.63) is 17.5 Å². The van der Waals surface area contributed by atoms with E-state index in [1.807, 2.05) is 14.1 Å². The van der Waals surface area contributed by atoms with Gasteiger partial charge in [-0.25, -0.2) is 0 Å². The molecule has 1 spiro atoms. The first-order chi connectivity index (χ1) is 13.2. The molecular weight excluding hydrogens is 358 g/mol. The highest BCUT2D eigenvalue weighted by Gasteiger charge is 2.77. The highest BCUT2D eigenvalue weighted by molar-refractivity contribution is 5.92. The maximum Gasteiger partial charge on any atom is 0.271 e. The number of carbonyl (C=O) groups is 2. The summed E-state index contributed by atoms with van der Waals surface area (Å²) in [5.74, 6) is 0.237. The summed E-state index contributed by atoms with van der Waals surface area (Å²) in [5, 5.41) is 13.4. The molecule has 5 rings (SSSR count). The van der Waals surface area contributed by atoms with E-state index in [-0.39, 0.29) is 17.7 Å². The van der Waals surface area contributed by atoms with E-state index in [1.165, 1.54) is 0 Å². The fourth-order valence-electron chi connectivity index (χ4n) is 5.38. The zero-order chi connectivity index (χ0) is 20.2. The lowest BCUT2D eigenvalue weighted by atomic mass is 9.53. The molecule has 1 aliphatic carbocycles. The molecule has 3 aliphatic heterocycles. The van der Waals surface area contributed by atoms with Crippen LogP contribution in [-0.4, -0.2) is 71.8 Å². The third kappa shape index (κ3) is 2.76. The minimum absolute atomic E-state index is 0.155. The zero-order valence-corrected chi connectivity index (χ0v) is 17.2. The van der Waals surface area contributed by atoms with Crippen LogP contribution in [0.5, 0.6) is 0 Å². The molecule has 154 valence electrons. The predicted octanol–water partition coefficient (Wildman–Crippen LogP) is 1.02. The largest absolute Gasteiger partial charge is 0.365 e. The maximum absolute atomic E-state index is 13.1. The van der Waals surface area contributed by atoms with E-state index in [0.29, 0.717) is 25.1 Å². The average molecular weight is 390 g/mol. The number of aromatic nitrogens is 2. The van der Waals surface area contributed by atoms with Crippen molar-refractivity contribution in [1.82, 2.24) is 25.7 Å². The van der Waals surface area contributed by atoms with Crippen molar-refractivity contribution in [1.29, 1.82) is 0 Å². The number of nitrogens with one attached hydrogen (secondary N) is 3. The van der Waals surface area contributed by atoms with Gasteiger partial charge in [0.05, 0.1) is 16.6 Å². The summed E-state index contributed by atoms with van der Waals surface area (Å²) in [6, 6.07) is 1.79. The molecule has 28 heavy (non-hydrogen) atoms. The molecule has 3 saturated heterocycles. The molecule has 0 radical (unpaired) electrons. The first-order valence-corrected chi connectivity index (χ1v) is 10.2. The van der Waals surface area contributed by atoms with E-state index in [0.717, 1.165) is 31.6 Å². The third-order valence-electron chi connectivity index (χ3n) is 6.78. The number of aromatic amines is 1. The highest BCUT2D eigenvalue weighted by atomic mass is 16.5. The van der Waals surface area contributed by atoms with Crippen LogP contribution in [0.1, 0.15) is 61.6 Å². The molecule has 2 amide bonds. The number of piperidine rings is 1. The molecule has 0 unspecified atom stereocenters. The number of carbonyl (C=O) groups excluding carboxylic acids is 2. The quantitative estimate of drug-likeness (QED) is 0.698. The van der Waals surface area contributed by atoms with E-state index >= 15 is 0 Å². The van der Waals surface area contributed by atoms with Gasteiger partial charge in [-0.3, -0.25) is 14.7 Å². The molecule has 4 fully saturated rings. The van der Waals surface area contributed by atoms with Crippen molar-refractivity contribution in [2.75, 3.05) is 33.7 Å². The van der Waals surface area contributed by atoms with Gasteiger partial charge in [0.15, 0.2) is 0 Å². The molecule has 8 nitrogen and oxygen atoms in total. The van der Waals surface area contributed by atoms with Crippen LogP contribution in [0.25, 0.3) is 0 Å². The van der Waals surface area contributed by atoms with E-state index < -0.39 is 16.6 Å². The van der Waals surface area contributed by atoms with Crippen LogP contribution in [0.15, 0.2) is 6.07 Å². The summed E-state index contributed by atoms with van der Waals surface area (Å²) in [6.45, 7) is 6.23. The second-order valence-electron chi connectivity index (χ2n) is 9.21. The molecule has 1 aromatic rings. The fraction of sp³-hybridized carbons (Fsp3) is 0.750. The van der Waals surface area contributed by atoms with E-state index in [2.05, 4.69) is 34.7 Å². The monoisotopic (exact) mass is 389 g/mol. The van der Waals surface area contributed by atoms with Gasteiger partial charge < -0.3 is 20.3 Å². The normalized spacial score (nSPS) is 30.3. The first-order valence-electron chi connectivity index (χ1n) is 10.2. The molecule has 1 saturated carbocycles. The Hall–Kier alpha value is -1.93. The molecule has 4 aliphatic rings. The number of nitrogens with zero attached hydrogens (tertiary/aromatic N) is 2. The summed E-state index contributed by atoms with van der Waals surface area (Å²) >= 11 is 0. The fourth-order valence-corrected chi connectivity index (χ4v) is 5.38. The Morgan fingerprint density at radius 1 is 1.29 bits per heavy atom. The van der Waals surface area contributed by atoms with Crippen LogP contribution in [0.3, 0.4) is 0 Å². The number of ether oxygens (including phenoxy) is 1. The number of amides is 2. The molecular formula is C20H31N5O3. The van der Waals surface area contributed by atoms with Gasteiger partial charge in [0.25, 0.3) is 5.91 Å². The molecule has 0 atom stereocenters. The SMILES string of the molecule is CC(C)c1cc(C(=O)NCC23CC(C(=O)N(C)C)(C2)C2(CCNCC2)O3)n[nH]1. The first kappa shape index (κ1) is 19.4. The topological polar surface area (TPSA) is 99.3 Å². The van der Waals surface area contributed by atoms with Crippen LogP contribution in [-0.2, 0) is 9.53 Å². The van der Waals surface area contributed by atoms with Crippen LogP contribution in [0.4, 0.5) is 0 Å².